The molecule has 4 fully saturated rings. The summed E-state index contributed by atoms with van der Waals surface area (Å²) in [6, 6.07) is 9.04. The van der Waals surface area contributed by atoms with E-state index < -0.39 is 38.7 Å². The Balaban J connectivity index is 1.21. The standard InChI is InChI=1S/C31H36F4N4O3S/c1-2-14-30(27(40)36-15-21-4-3-5-21)20-37-26(38-30)28-17-29(18-28,19-28)39(43(41,42)25-12-10-24(32)11-13-25)16-22-6-8-23(9-7-22)31(33,34)35/h6-13,21H,2-5,14-20H2,1H3,(H,36,40)(H,37,38). The van der Waals surface area contributed by atoms with Gasteiger partial charge in [-0.25, -0.2) is 12.8 Å². The minimum atomic E-state index is -4.51. The van der Waals surface area contributed by atoms with Crippen LogP contribution in [0.15, 0.2) is 58.4 Å². The Morgan fingerprint density at radius 3 is 2.28 bits per heavy atom. The SMILES string of the molecule is CCCC1(C(=O)NCC2CCC2)CN=C(C23CC(N(Cc4ccc(C(F)(F)F)cc4)S(=O)(=O)c4ccc(F)cc4)(C2)C3)N1. The topological polar surface area (TPSA) is 90.9 Å². The van der Waals surface area contributed by atoms with Crippen LogP contribution >= 0.6 is 0 Å². The zero-order valence-electron chi connectivity index (χ0n) is 24.0. The van der Waals surface area contributed by atoms with E-state index in [1.165, 1.54) is 35.0 Å². The first kappa shape index (κ1) is 30.1. The summed E-state index contributed by atoms with van der Waals surface area (Å²) >= 11 is 0. The number of carbonyl (C=O) groups is 1. The summed E-state index contributed by atoms with van der Waals surface area (Å²) in [6.07, 6.45) is 1.78. The number of amidine groups is 1. The first-order chi connectivity index (χ1) is 20.3. The summed E-state index contributed by atoms with van der Waals surface area (Å²) < 4.78 is 82.3. The summed E-state index contributed by atoms with van der Waals surface area (Å²) in [5.41, 5.74) is -2.37. The predicted molar refractivity (Wildman–Crippen MR) is 153 cm³/mol. The van der Waals surface area contributed by atoms with Crippen LogP contribution in [0.25, 0.3) is 0 Å². The average molecular weight is 621 g/mol. The largest absolute Gasteiger partial charge is 0.416 e. The zero-order chi connectivity index (χ0) is 30.7. The molecule has 5 aliphatic rings. The van der Waals surface area contributed by atoms with Gasteiger partial charge < -0.3 is 10.6 Å². The highest BCUT2D eigenvalue weighted by Gasteiger charge is 2.75. The van der Waals surface area contributed by atoms with Crippen molar-refractivity contribution in [2.45, 2.75) is 87.0 Å². The second-order valence-corrected chi connectivity index (χ2v) is 14.7. The smallest absolute Gasteiger partial charge is 0.358 e. The molecule has 2 bridgehead atoms. The highest BCUT2D eigenvalue weighted by Crippen LogP contribution is 2.71. The lowest BCUT2D eigenvalue weighted by Crippen LogP contribution is -2.79. The molecule has 0 aromatic heterocycles. The van der Waals surface area contributed by atoms with Crippen molar-refractivity contribution < 1.29 is 30.8 Å². The van der Waals surface area contributed by atoms with Crippen molar-refractivity contribution in [3.05, 3.63) is 65.5 Å². The van der Waals surface area contributed by atoms with Gasteiger partial charge in [0.1, 0.15) is 17.2 Å². The Labute approximate surface area is 249 Å². The molecule has 43 heavy (non-hydrogen) atoms. The van der Waals surface area contributed by atoms with Crippen molar-refractivity contribution in [3.8, 4) is 0 Å². The van der Waals surface area contributed by atoms with Crippen molar-refractivity contribution >= 4 is 21.8 Å². The summed E-state index contributed by atoms with van der Waals surface area (Å²) in [5.74, 6) is 0.635. The summed E-state index contributed by atoms with van der Waals surface area (Å²) in [4.78, 5) is 18.0. The molecule has 1 amide bonds. The van der Waals surface area contributed by atoms with Crippen LogP contribution in [0, 0.1) is 17.2 Å². The quantitative estimate of drug-likeness (QED) is 0.329. The maximum atomic E-state index is 13.9. The Kier molecular flexibility index (Phi) is 7.39. The van der Waals surface area contributed by atoms with E-state index in [0.29, 0.717) is 50.3 Å². The highest BCUT2D eigenvalue weighted by atomic mass is 32.2. The van der Waals surface area contributed by atoms with Crippen LogP contribution in [0.1, 0.15) is 69.4 Å². The van der Waals surface area contributed by atoms with E-state index in [1.54, 1.807) is 0 Å². The Morgan fingerprint density at radius 2 is 1.72 bits per heavy atom. The van der Waals surface area contributed by atoms with Crippen LogP contribution < -0.4 is 10.6 Å². The Bertz CT molecular complexity index is 1500. The molecule has 2 aromatic carbocycles. The van der Waals surface area contributed by atoms with Gasteiger partial charge in [-0.3, -0.25) is 9.79 Å². The average Bonchev–Trinajstić information content (AvgIpc) is 3.31. The van der Waals surface area contributed by atoms with Gasteiger partial charge in [0.05, 0.1) is 17.0 Å². The lowest BCUT2D eigenvalue weighted by atomic mass is 9.38. The molecule has 1 heterocycles. The van der Waals surface area contributed by atoms with Gasteiger partial charge in [0.2, 0.25) is 15.9 Å². The van der Waals surface area contributed by atoms with Crippen LogP contribution in [0.5, 0.6) is 0 Å². The van der Waals surface area contributed by atoms with Gasteiger partial charge in [-0.1, -0.05) is 31.9 Å². The Hall–Kier alpha value is -2.99. The molecule has 1 unspecified atom stereocenters. The molecule has 0 radical (unpaired) electrons. The van der Waals surface area contributed by atoms with Gasteiger partial charge in [0.15, 0.2) is 0 Å². The third-order valence-corrected chi connectivity index (χ3v) is 11.8. The van der Waals surface area contributed by atoms with Gasteiger partial charge in [0, 0.05) is 24.0 Å². The number of rotatable bonds is 11. The number of hydrogen-bond donors (Lipinski definition) is 2. The van der Waals surface area contributed by atoms with Gasteiger partial charge in [-0.15, -0.1) is 0 Å². The van der Waals surface area contributed by atoms with Crippen LogP contribution in [0.4, 0.5) is 17.6 Å². The van der Waals surface area contributed by atoms with Crippen molar-refractivity contribution in [1.29, 1.82) is 0 Å². The van der Waals surface area contributed by atoms with Crippen molar-refractivity contribution in [3.63, 3.8) is 0 Å². The lowest BCUT2D eigenvalue weighted by Gasteiger charge is -2.73. The number of sulfonamides is 1. The molecule has 232 valence electrons. The number of aliphatic imine (C=N–C) groups is 1. The number of halogens is 4. The van der Waals surface area contributed by atoms with Gasteiger partial charge in [-0.2, -0.15) is 17.5 Å². The molecule has 1 atom stereocenters. The molecule has 4 aliphatic carbocycles. The van der Waals surface area contributed by atoms with E-state index in [-0.39, 0.29) is 22.8 Å². The van der Waals surface area contributed by atoms with Crippen LogP contribution in [-0.4, -0.2) is 48.6 Å². The molecule has 12 heteroatoms. The number of nitrogens with zero attached hydrogens (tertiary/aromatic N) is 2. The number of nitrogens with one attached hydrogen (secondary N) is 2. The number of carbonyl (C=O) groups excluding carboxylic acids is 1. The van der Waals surface area contributed by atoms with E-state index >= 15 is 0 Å². The van der Waals surface area contributed by atoms with Crippen molar-refractivity contribution in [2.24, 2.45) is 16.3 Å². The molecule has 7 nitrogen and oxygen atoms in total. The second-order valence-electron chi connectivity index (χ2n) is 12.8. The number of alkyl halides is 3. The minimum Gasteiger partial charge on any atom is -0.358 e. The highest BCUT2D eigenvalue weighted by molar-refractivity contribution is 7.89. The predicted octanol–water partition coefficient (Wildman–Crippen LogP) is 5.42. The van der Waals surface area contributed by atoms with E-state index in [9.17, 15) is 30.8 Å². The minimum absolute atomic E-state index is 0.0517. The number of benzene rings is 2. The molecule has 2 aromatic rings. The monoisotopic (exact) mass is 620 g/mol. The lowest BCUT2D eigenvalue weighted by molar-refractivity contribution is -0.151. The maximum Gasteiger partial charge on any atom is 0.416 e. The molecule has 2 N–H and O–H groups in total. The molecular weight excluding hydrogens is 584 g/mol. The van der Waals surface area contributed by atoms with E-state index in [2.05, 4.69) is 10.6 Å². The molecule has 0 saturated heterocycles. The number of hydrogen-bond acceptors (Lipinski definition) is 5. The van der Waals surface area contributed by atoms with Crippen molar-refractivity contribution in [1.82, 2.24) is 14.9 Å². The third-order valence-electron chi connectivity index (χ3n) is 9.80. The summed E-state index contributed by atoms with van der Waals surface area (Å²) in [7, 11) is -4.12. The van der Waals surface area contributed by atoms with Crippen molar-refractivity contribution in [2.75, 3.05) is 13.1 Å². The fraction of sp³-hybridized carbons (Fsp3) is 0.548. The van der Waals surface area contributed by atoms with E-state index in [1.807, 2.05) is 6.92 Å². The summed E-state index contributed by atoms with van der Waals surface area (Å²) in [6.45, 7) is 2.88. The van der Waals surface area contributed by atoms with Crippen LogP contribution in [-0.2, 0) is 27.5 Å². The van der Waals surface area contributed by atoms with Gasteiger partial charge in [0.25, 0.3) is 0 Å². The third kappa shape index (κ3) is 5.24. The normalized spacial score (nSPS) is 28.4. The van der Waals surface area contributed by atoms with Gasteiger partial charge in [-0.05, 0) is 86.4 Å². The first-order valence-electron chi connectivity index (χ1n) is 14.9. The molecule has 4 saturated carbocycles. The van der Waals surface area contributed by atoms with E-state index in [4.69, 9.17) is 4.99 Å². The Morgan fingerprint density at radius 1 is 1.07 bits per heavy atom. The number of amides is 1. The van der Waals surface area contributed by atoms with Gasteiger partial charge >= 0.3 is 6.18 Å². The second kappa shape index (κ2) is 10.6. The fourth-order valence-electron chi connectivity index (χ4n) is 7.19. The molecular formula is C31H36F4N4O3S. The van der Waals surface area contributed by atoms with E-state index in [0.717, 1.165) is 49.4 Å². The van der Waals surface area contributed by atoms with Crippen LogP contribution in [0.3, 0.4) is 0 Å². The first-order valence-corrected chi connectivity index (χ1v) is 16.3. The molecule has 1 aliphatic heterocycles. The molecule has 7 rings (SSSR count). The fourth-order valence-corrected chi connectivity index (χ4v) is 8.95. The molecule has 0 spiro atoms. The zero-order valence-corrected chi connectivity index (χ0v) is 24.8. The van der Waals surface area contributed by atoms with Crippen LogP contribution in [0.2, 0.25) is 0 Å². The maximum absolute atomic E-state index is 13.9. The summed E-state index contributed by atoms with van der Waals surface area (Å²) in [5, 5.41) is 6.59.